The van der Waals surface area contributed by atoms with E-state index in [1.807, 2.05) is 91.9 Å². The second-order valence-electron chi connectivity index (χ2n) is 9.66. The molecule has 0 bridgehead atoms. The first-order valence-electron chi connectivity index (χ1n) is 13.5. The van der Waals surface area contributed by atoms with Gasteiger partial charge in [-0.25, -0.2) is 14.4 Å². The fraction of sp³-hybridized carbons (Fsp3) is 0.242. The van der Waals surface area contributed by atoms with Crippen LogP contribution in [0.4, 0.5) is 9.59 Å². The minimum absolute atomic E-state index is 0.0153. The number of hydrogen-bond donors (Lipinski definition) is 1. The maximum absolute atomic E-state index is 13.5. The lowest BCUT2D eigenvalue weighted by Crippen LogP contribution is -2.57. The monoisotopic (exact) mass is 554 g/mol. The van der Waals surface area contributed by atoms with Gasteiger partial charge in [0.2, 0.25) is 0 Å². The fourth-order valence-corrected chi connectivity index (χ4v) is 4.73. The van der Waals surface area contributed by atoms with Crippen LogP contribution < -0.4 is 5.32 Å². The minimum atomic E-state index is -1.45. The van der Waals surface area contributed by atoms with Crippen LogP contribution in [0.25, 0.3) is 10.9 Å². The molecule has 1 N–H and O–H groups in total. The molecule has 0 aliphatic carbocycles. The molecular weight excluding hydrogens is 520 g/mol. The van der Waals surface area contributed by atoms with Gasteiger partial charge in [-0.3, -0.25) is 4.57 Å². The van der Waals surface area contributed by atoms with Gasteiger partial charge < -0.3 is 19.5 Å². The van der Waals surface area contributed by atoms with Crippen molar-refractivity contribution in [3.63, 3.8) is 0 Å². The summed E-state index contributed by atoms with van der Waals surface area (Å²) in [4.78, 5) is 39.7. The van der Waals surface area contributed by atoms with Gasteiger partial charge in [-0.1, -0.05) is 105 Å². The van der Waals surface area contributed by atoms with E-state index in [4.69, 9.17) is 14.2 Å². The van der Waals surface area contributed by atoms with E-state index in [-0.39, 0.29) is 32.7 Å². The van der Waals surface area contributed by atoms with Gasteiger partial charge in [0.15, 0.2) is 0 Å². The quantitative estimate of drug-likeness (QED) is 0.121. The van der Waals surface area contributed by atoms with Crippen molar-refractivity contribution in [1.82, 2.24) is 9.88 Å². The predicted octanol–water partition coefficient (Wildman–Crippen LogP) is 6.56. The van der Waals surface area contributed by atoms with E-state index in [1.54, 1.807) is 6.20 Å². The Kier molecular flexibility index (Phi) is 9.94. The molecule has 0 unspecified atom stereocenters. The van der Waals surface area contributed by atoms with Gasteiger partial charge in [0, 0.05) is 18.0 Å². The van der Waals surface area contributed by atoms with Crippen LogP contribution in [0.2, 0.25) is 0 Å². The van der Waals surface area contributed by atoms with Crippen molar-refractivity contribution in [3.8, 4) is 0 Å². The summed E-state index contributed by atoms with van der Waals surface area (Å²) in [5.74, 6) is -0.612. The summed E-state index contributed by atoms with van der Waals surface area (Å²) in [7, 11) is 0. The van der Waals surface area contributed by atoms with Crippen LogP contribution in [0.15, 0.2) is 104 Å². The van der Waals surface area contributed by atoms with Crippen molar-refractivity contribution < 1.29 is 28.6 Å². The number of hydrogen-bond acceptors (Lipinski definition) is 6. The van der Waals surface area contributed by atoms with Crippen molar-refractivity contribution in [3.05, 3.63) is 120 Å². The van der Waals surface area contributed by atoms with Crippen LogP contribution in [0.5, 0.6) is 0 Å². The average Bonchev–Trinajstić information content (AvgIpc) is 3.36. The maximum Gasteiger partial charge on any atom is 0.418 e. The molecule has 8 nitrogen and oxygen atoms in total. The molecule has 0 radical (unpaired) electrons. The molecule has 4 rings (SSSR count). The number of nitrogens with zero attached hydrogens (tertiary/aromatic N) is 1. The average molecular weight is 555 g/mol. The fourth-order valence-electron chi connectivity index (χ4n) is 4.73. The highest BCUT2D eigenvalue weighted by Gasteiger charge is 2.42. The van der Waals surface area contributed by atoms with Crippen molar-refractivity contribution in [2.45, 2.75) is 44.9 Å². The number of rotatable bonds is 12. The van der Waals surface area contributed by atoms with Crippen molar-refractivity contribution in [2.75, 3.05) is 6.61 Å². The highest BCUT2D eigenvalue weighted by molar-refractivity contribution is 5.93. The Morgan fingerprint density at radius 3 is 2.10 bits per heavy atom. The number of carbonyl (C=O) groups excluding carboxylic acids is 3. The minimum Gasteiger partial charge on any atom is -0.460 e. The molecule has 0 saturated heterocycles. The summed E-state index contributed by atoms with van der Waals surface area (Å²) >= 11 is 0. The van der Waals surface area contributed by atoms with Gasteiger partial charge in [0.25, 0.3) is 0 Å². The van der Waals surface area contributed by atoms with Crippen LogP contribution >= 0.6 is 0 Å². The molecule has 212 valence electrons. The summed E-state index contributed by atoms with van der Waals surface area (Å²) < 4.78 is 18.0. The van der Waals surface area contributed by atoms with E-state index >= 15 is 0 Å². The lowest BCUT2D eigenvalue weighted by molar-refractivity contribution is -0.150. The third-order valence-corrected chi connectivity index (χ3v) is 6.64. The van der Waals surface area contributed by atoms with Gasteiger partial charge in [0.05, 0.1) is 5.52 Å². The zero-order valence-corrected chi connectivity index (χ0v) is 23.1. The van der Waals surface area contributed by atoms with Crippen molar-refractivity contribution in [2.24, 2.45) is 0 Å². The topological polar surface area (TPSA) is 95.9 Å². The number of amides is 1. The Morgan fingerprint density at radius 1 is 0.854 bits per heavy atom. The molecule has 1 atom stereocenters. The van der Waals surface area contributed by atoms with E-state index in [1.165, 1.54) is 10.6 Å². The number of carbonyl (C=O) groups is 3. The maximum atomic E-state index is 13.5. The molecule has 0 aliphatic rings. The number of aromatic nitrogens is 1. The first-order valence-corrected chi connectivity index (χ1v) is 13.5. The molecular formula is C33H34N2O6. The molecule has 0 aliphatic heterocycles. The highest BCUT2D eigenvalue weighted by Crippen LogP contribution is 2.29. The molecule has 1 amide bonds. The summed E-state index contributed by atoms with van der Waals surface area (Å²) in [6.45, 7) is 5.69. The van der Waals surface area contributed by atoms with Gasteiger partial charge in [-0.05, 0) is 29.2 Å². The number of alkyl carbamates (subject to hydrolysis) is 1. The third kappa shape index (κ3) is 7.42. The number of esters is 1. The lowest BCUT2D eigenvalue weighted by Gasteiger charge is -2.32. The normalized spacial score (nSPS) is 12.2. The smallest absolute Gasteiger partial charge is 0.418 e. The van der Waals surface area contributed by atoms with Crippen LogP contribution in [0.3, 0.4) is 0 Å². The molecule has 3 aromatic carbocycles. The Morgan fingerprint density at radius 2 is 1.46 bits per heavy atom. The van der Waals surface area contributed by atoms with Crippen molar-refractivity contribution in [1.29, 1.82) is 0 Å². The van der Waals surface area contributed by atoms with Crippen LogP contribution in [-0.2, 0) is 38.6 Å². The van der Waals surface area contributed by atoms with Gasteiger partial charge in [0.1, 0.15) is 25.4 Å². The van der Waals surface area contributed by atoms with Crippen LogP contribution in [0.1, 0.15) is 36.5 Å². The zero-order chi connectivity index (χ0) is 29.1. The van der Waals surface area contributed by atoms with Gasteiger partial charge in [-0.2, -0.15) is 0 Å². The van der Waals surface area contributed by atoms with E-state index in [9.17, 15) is 14.4 Å². The number of para-hydroxylation sites is 1. The SMILES string of the molecule is C=CCOC(=O)[C@@](CCC)(Cc1cn(C(=O)OCc2ccccc2)c2ccccc12)NC(=O)OCc1ccccc1. The molecule has 0 saturated carbocycles. The molecule has 0 spiro atoms. The van der Waals surface area contributed by atoms with E-state index in [2.05, 4.69) is 11.9 Å². The second kappa shape index (κ2) is 14.0. The van der Waals surface area contributed by atoms with E-state index in [0.717, 1.165) is 16.5 Å². The largest absolute Gasteiger partial charge is 0.460 e. The second-order valence-corrected chi connectivity index (χ2v) is 9.66. The molecule has 4 aromatic rings. The Labute approximate surface area is 239 Å². The summed E-state index contributed by atoms with van der Waals surface area (Å²) in [5, 5.41) is 3.56. The number of ether oxygens (including phenoxy) is 3. The molecule has 8 heteroatoms. The third-order valence-electron chi connectivity index (χ3n) is 6.64. The predicted molar refractivity (Wildman–Crippen MR) is 156 cm³/mol. The first-order chi connectivity index (χ1) is 20.0. The Balaban J connectivity index is 1.63. The number of nitrogens with one attached hydrogen (secondary N) is 1. The Bertz CT molecular complexity index is 1480. The Hall–Kier alpha value is -4.85. The summed E-state index contributed by atoms with van der Waals surface area (Å²) in [6, 6.07) is 26.0. The molecule has 0 fully saturated rings. The molecule has 41 heavy (non-hydrogen) atoms. The summed E-state index contributed by atoms with van der Waals surface area (Å²) in [5.41, 5.74) is 1.52. The first kappa shape index (κ1) is 29.1. The molecule has 1 aromatic heterocycles. The lowest BCUT2D eigenvalue weighted by atomic mass is 9.86. The number of benzene rings is 3. The van der Waals surface area contributed by atoms with Gasteiger partial charge in [-0.15, -0.1) is 0 Å². The number of fused-ring (bicyclic) bond motifs is 1. The standard InChI is InChI=1S/C33H34N2O6/c1-3-19-33(30(36)39-20-4-2,34-31(37)40-23-25-13-7-5-8-14-25)21-27-22-35(29-18-12-11-17-28(27)29)32(38)41-24-26-15-9-6-10-16-26/h4-18,22H,2-3,19-21,23-24H2,1H3,(H,34,37)/t33-/m1/s1. The molecule has 1 heterocycles. The van der Waals surface area contributed by atoms with Crippen LogP contribution in [0, 0.1) is 0 Å². The van der Waals surface area contributed by atoms with E-state index < -0.39 is 23.7 Å². The van der Waals surface area contributed by atoms with Crippen molar-refractivity contribution >= 4 is 29.1 Å². The van der Waals surface area contributed by atoms with Crippen LogP contribution in [-0.4, -0.2) is 34.9 Å². The van der Waals surface area contributed by atoms with E-state index in [0.29, 0.717) is 17.5 Å². The zero-order valence-electron chi connectivity index (χ0n) is 23.1. The van der Waals surface area contributed by atoms with Gasteiger partial charge >= 0.3 is 18.2 Å². The summed E-state index contributed by atoms with van der Waals surface area (Å²) in [6.07, 6.45) is 2.74. The highest BCUT2D eigenvalue weighted by atomic mass is 16.6.